The Kier molecular flexibility index (Phi) is 7.60. The van der Waals surface area contributed by atoms with E-state index in [1.807, 2.05) is 25.3 Å². The van der Waals surface area contributed by atoms with Crippen molar-refractivity contribution in [2.24, 2.45) is 0 Å². The first-order valence-electron chi connectivity index (χ1n) is 12.3. The number of piperazine rings is 1. The van der Waals surface area contributed by atoms with Crippen LogP contribution in [0.25, 0.3) is 22.2 Å². The van der Waals surface area contributed by atoms with Crippen LogP contribution in [0.15, 0.2) is 59.1 Å². The maximum Gasteiger partial charge on any atom is 0.418 e. The van der Waals surface area contributed by atoms with Crippen molar-refractivity contribution in [1.82, 2.24) is 24.2 Å². The first kappa shape index (κ1) is 27.4. The molecule has 8 nitrogen and oxygen atoms in total. The number of aryl methyl sites for hydroxylation is 1. The Morgan fingerprint density at radius 2 is 1.82 bits per heavy atom. The fraction of sp³-hybridized carbons (Fsp3) is 0.346. The van der Waals surface area contributed by atoms with Crippen molar-refractivity contribution in [2.75, 3.05) is 38.0 Å². The average Bonchev–Trinajstić information content (AvgIpc) is 3.34. The quantitative estimate of drug-likeness (QED) is 0.335. The summed E-state index contributed by atoms with van der Waals surface area (Å²) in [6.45, 7) is 6.11. The lowest BCUT2D eigenvalue weighted by Crippen LogP contribution is -2.50. The number of aromatic nitrogens is 3. The molecule has 1 fully saturated rings. The topological polar surface area (TPSA) is 91.3 Å². The molecule has 3 heterocycles. The SMILES string of the molecule is Cc1nc(-c2cccc(S(=O)(=O)N3CCN(CC(C)Nc4ncnc5c(C(F)(F)F)cccc45)CC3)c2)cs1. The van der Waals surface area contributed by atoms with E-state index in [1.165, 1.54) is 21.7 Å². The average molecular weight is 577 g/mol. The molecule has 1 saturated heterocycles. The molecule has 1 aliphatic heterocycles. The van der Waals surface area contributed by atoms with E-state index in [-0.39, 0.29) is 16.5 Å². The van der Waals surface area contributed by atoms with Gasteiger partial charge in [-0.25, -0.2) is 23.4 Å². The van der Waals surface area contributed by atoms with Crippen LogP contribution in [0.2, 0.25) is 0 Å². The number of thiazole rings is 1. The summed E-state index contributed by atoms with van der Waals surface area (Å²) < 4.78 is 68.4. The van der Waals surface area contributed by atoms with Crippen LogP contribution in [0.3, 0.4) is 0 Å². The summed E-state index contributed by atoms with van der Waals surface area (Å²) in [5.74, 6) is 0.329. The smallest absolute Gasteiger partial charge is 0.366 e. The Balaban J connectivity index is 1.22. The van der Waals surface area contributed by atoms with Gasteiger partial charge in [0.05, 0.1) is 26.7 Å². The Labute approximate surface area is 228 Å². The van der Waals surface area contributed by atoms with Crippen LogP contribution >= 0.6 is 11.3 Å². The minimum atomic E-state index is -4.52. The molecule has 0 aliphatic carbocycles. The van der Waals surface area contributed by atoms with E-state index in [4.69, 9.17) is 0 Å². The van der Waals surface area contributed by atoms with Crippen molar-refractivity contribution in [3.05, 3.63) is 64.7 Å². The van der Waals surface area contributed by atoms with E-state index in [0.717, 1.165) is 28.7 Å². The number of nitrogens with zero attached hydrogens (tertiary/aromatic N) is 5. The van der Waals surface area contributed by atoms with Crippen LogP contribution in [0, 0.1) is 6.92 Å². The summed E-state index contributed by atoms with van der Waals surface area (Å²) >= 11 is 1.51. The monoisotopic (exact) mass is 576 g/mol. The van der Waals surface area contributed by atoms with Crippen molar-refractivity contribution in [3.63, 3.8) is 0 Å². The number of halogens is 3. The maximum absolute atomic E-state index is 13.4. The third-order valence-electron chi connectivity index (χ3n) is 6.60. The normalized spacial score (nSPS) is 16.4. The third-order valence-corrected chi connectivity index (χ3v) is 9.27. The van der Waals surface area contributed by atoms with Crippen LogP contribution in [-0.4, -0.2) is 71.3 Å². The van der Waals surface area contributed by atoms with Crippen LogP contribution < -0.4 is 5.32 Å². The maximum atomic E-state index is 13.4. The molecule has 0 radical (unpaired) electrons. The molecule has 5 rings (SSSR count). The molecular weight excluding hydrogens is 549 g/mol. The van der Waals surface area contributed by atoms with Crippen molar-refractivity contribution in [3.8, 4) is 11.3 Å². The van der Waals surface area contributed by atoms with E-state index in [9.17, 15) is 21.6 Å². The molecule has 206 valence electrons. The van der Waals surface area contributed by atoms with Crippen molar-refractivity contribution in [1.29, 1.82) is 0 Å². The van der Waals surface area contributed by atoms with E-state index in [0.29, 0.717) is 43.9 Å². The van der Waals surface area contributed by atoms with Crippen LogP contribution in [0.4, 0.5) is 19.0 Å². The number of alkyl halides is 3. The van der Waals surface area contributed by atoms with Gasteiger partial charge in [0.15, 0.2) is 0 Å². The van der Waals surface area contributed by atoms with E-state index >= 15 is 0 Å². The summed E-state index contributed by atoms with van der Waals surface area (Å²) in [6.07, 6.45) is -3.39. The Morgan fingerprint density at radius 3 is 2.51 bits per heavy atom. The van der Waals surface area contributed by atoms with Gasteiger partial charge in [-0.15, -0.1) is 11.3 Å². The van der Waals surface area contributed by atoms with Crippen molar-refractivity contribution >= 4 is 38.1 Å². The van der Waals surface area contributed by atoms with E-state index in [1.54, 1.807) is 24.3 Å². The molecule has 0 spiro atoms. The molecule has 1 atom stereocenters. The molecule has 0 amide bonds. The van der Waals surface area contributed by atoms with Gasteiger partial charge >= 0.3 is 6.18 Å². The molecule has 1 N–H and O–H groups in total. The van der Waals surface area contributed by atoms with Gasteiger partial charge in [0.25, 0.3) is 0 Å². The lowest BCUT2D eigenvalue weighted by molar-refractivity contribution is -0.136. The largest absolute Gasteiger partial charge is 0.418 e. The highest BCUT2D eigenvalue weighted by Crippen LogP contribution is 2.35. The number of sulfonamides is 1. The van der Waals surface area contributed by atoms with Gasteiger partial charge < -0.3 is 5.32 Å². The minimum Gasteiger partial charge on any atom is -0.366 e. The fourth-order valence-electron chi connectivity index (χ4n) is 4.71. The molecule has 13 heteroatoms. The van der Waals surface area contributed by atoms with Crippen molar-refractivity contribution in [2.45, 2.75) is 31.0 Å². The second-order valence-corrected chi connectivity index (χ2v) is 12.5. The molecule has 0 bridgehead atoms. The summed E-state index contributed by atoms with van der Waals surface area (Å²) in [5.41, 5.74) is 0.565. The second kappa shape index (κ2) is 10.8. The van der Waals surface area contributed by atoms with Gasteiger partial charge in [-0.05, 0) is 38.1 Å². The molecule has 4 aromatic rings. The lowest BCUT2D eigenvalue weighted by atomic mass is 10.1. The Morgan fingerprint density at radius 1 is 1.08 bits per heavy atom. The first-order chi connectivity index (χ1) is 18.5. The number of para-hydroxylation sites is 1. The van der Waals surface area contributed by atoms with Gasteiger partial charge in [-0.1, -0.05) is 18.2 Å². The Hall–Kier alpha value is -3.13. The predicted octanol–water partition coefficient (Wildman–Crippen LogP) is 4.89. The lowest BCUT2D eigenvalue weighted by Gasteiger charge is -2.35. The van der Waals surface area contributed by atoms with Gasteiger partial charge in [-0.3, -0.25) is 4.90 Å². The number of nitrogens with one attached hydrogen (secondary N) is 1. The molecule has 2 aromatic heterocycles. The van der Waals surface area contributed by atoms with E-state index in [2.05, 4.69) is 25.2 Å². The van der Waals surface area contributed by atoms with Gasteiger partial charge in [0.1, 0.15) is 12.1 Å². The van der Waals surface area contributed by atoms with E-state index < -0.39 is 21.8 Å². The molecular formula is C26H27F3N6O2S2. The summed E-state index contributed by atoms with van der Waals surface area (Å²) in [4.78, 5) is 14.9. The summed E-state index contributed by atoms with van der Waals surface area (Å²) in [7, 11) is -3.67. The number of hydrogen-bond acceptors (Lipinski definition) is 8. The number of benzene rings is 2. The molecule has 39 heavy (non-hydrogen) atoms. The number of hydrogen-bond donors (Lipinski definition) is 1. The Bertz CT molecular complexity index is 1580. The van der Waals surface area contributed by atoms with Crippen molar-refractivity contribution < 1.29 is 21.6 Å². The summed E-state index contributed by atoms with van der Waals surface area (Å²) in [5, 5.41) is 6.33. The number of rotatable bonds is 7. The number of anilines is 1. The molecule has 1 aliphatic rings. The zero-order chi connectivity index (χ0) is 27.8. The zero-order valence-electron chi connectivity index (χ0n) is 21.3. The van der Waals surface area contributed by atoms with Gasteiger partial charge in [0, 0.05) is 55.1 Å². The fourth-order valence-corrected chi connectivity index (χ4v) is 6.80. The van der Waals surface area contributed by atoms with Gasteiger partial charge in [0.2, 0.25) is 10.0 Å². The third kappa shape index (κ3) is 5.91. The number of fused-ring (bicyclic) bond motifs is 1. The zero-order valence-corrected chi connectivity index (χ0v) is 22.9. The highest BCUT2D eigenvalue weighted by molar-refractivity contribution is 7.89. The van der Waals surface area contributed by atoms with Gasteiger partial charge in [-0.2, -0.15) is 17.5 Å². The van der Waals surface area contributed by atoms with Crippen LogP contribution in [-0.2, 0) is 16.2 Å². The molecule has 2 aromatic carbocycles. The second-order valence-electron chi connectivity index (χ2n) is 9.45. The highest BCUT2D eigenvalue weighted by Gasteiger charge is 2.34. The minimum absolute atomic E-state index is 0.150. The standard InChI is InChI=1S/C26H27F3N6O2S2/c1-17(32-25-21-7-4-8-22(26(27,28)29)24(21)30-16-31-25)14-34-9-11-35(12-10-34)39(36,37)20-6-3-5-19(13-20)23-15-38-18(2)33-23/h3-8,13,15-17H,9-12,14H2,1-2H3,(H,30,31,32). The predicted molar refractivity (Wildman–Crippen MR) is 145 cm³/mol. The molecule has 1 unspecified atom stereocenters. The van der Waals surface area contributed by atoms with Crippen LogP contribution in [0.1, 0.15) is 17.5 Å². The first-order valence-corrected chi connectivity index (χ1v) is 14.7. The highest BCUT2D eigenvalue weighted by atomic mass is 32.2. The summed E-state index contributed by atoms with van der Waals surface area (Å²) in [6, 6.07) is 10.6. The molecule has 0 saturated carbocycles. The van der Waals surface area contributed by atoms with Crippen LogP contribution in [0.5, 0.6) is 0 Å².